The van der Waals surface area contributed by atoms with Gasteiger partial charge in [-0.1, -0.05) is 6.92 Å². The molecule has 1 rings (SSSR count). The Morgan fingerprint density at radius 1 is 1.64 bits per heavy atom. The van der Waals surface area contributed by atoms with Crippen LogP contribution in [0.3, 0.4) is 0 Å². The number of pyridine rings is 1. The first-order valence-corrected chi connectivity index (χ1v) is 5.32. The molecule has 0 aliphatic rings. The van der Waals surface area contributed by atoms with Crippen molar-refractivity contribution in [1.29, 1.82) is 0 Å². The lowest BCUT2D eigenvalue weighted by molar-refractivity contribution is 0.0995. The van der Waals surface area contributed by atoms with E-state index in [2.05, 4.69) is 27.6 Å². The van der Waals surface area contributed by atoms with Crippen LogP contribution in [0.4, 0.5) is 0 Å². The summed E-state index contributed by atoms with van der Waals surface area (Å²) < 4.78 is 6.09. The Morgan fingerprint density at radius 3 is 2.93 bits per heavy atom. The number of ether oxygens (including phenoxy) is 1. The van der Waals surface area contributed by atoms with Gasteiger partial charge in [0.25, 0.3) is 5.91 Å². The van der Waals surface area contributed by atoms with Crippen molar-refractivity contribution in [2.45, 2.75) is 13.3 Å². The van der Waals surface area contributed by atoms with Gasteiger partial charge in [-0.05, 0) is 41.1 Å². The molecule has 4 nitrogen and oxygen atoms in total. The van der Waals surface area contributed by atoms with Crippen LogP contribution in [0.15, 0.2) is 12.1 Å². The van der Waals surface area contributed by atoms with Crippen LogP contribution in [0.5, 0.6) is 5.88 Å². The Balaban J connectivity index is 2.97. The highest BCUT2D eigenvalue weighted by molar-refractivity contribution is 14.1. The Bertz CT molecular complexity index is 342. The van der Waals surface area contributed by atoms with Gasteiger partial charge in [0.1, 0.15) is 9.26 Å². The average Bonchev–Trinajstić information content (AvgIpc) is 2.14. The Labute approximate surface area is 96.0 Å². The second kappa shape index (κ2) is 5.14. The van der Waals surface area contributed by atoms with E-state index in [0.29, 0.717) is 18.1 Å². The summed E-state index contributed by atoms with van der Waals surface area (Å²) in [4.78, 5) is 15.1. The molecule has 0 fully saturated rings. The van der Waals surface area contributed by atoms with Crippen LogP contribution in [-0.4, -0.2) is 17.5 Å². The number of carbonyl (C=O) groups excluding carboxylic acids is 1. The van der Waals surface area contributed by atoms with E-state index in [1.807, 2.05) is 6.92 Å². The summed E-state index contributed by atoms with van der Waals surface area (Å²) in [6.45, 7) is 2.52. The first-order valence-electron chi connectivity index (χ1n) is 4.24. The number of aromatic nitrogens is 1. The van der Waals surface area contributed by atoms with E-state index in [1.54, 1.807) is 12.1 Å². The molecule has 0 radical (unpaired) electrons. The van der Waals surface area contributed by atoms with Crippen molar-refractivity contribution in [2.24, 2.45) is 5.73 Å². The third kappa shape index (κ3) is 2.83. The van der Waals surface area contributed by atoms with Crippen LogP contribution in [0, 0.1) is 3.70 Å². The highest BCUT2D eigenvalue weighted by Gasteiger charge is 2.10. The van der Waals surface area contributed by atoms with Gasteiger partial charge in [-0.3, -0.25) is 4.79 Å². The maximum absolute atomic E-state index is 11.0. The number of nitrogens with zero attached hydrogens (tertiary/aromatic N) is 1. The third-order valence-electron chi connectivity index (χ3n) is 1.53. The van der Waals surface area contributed by atoms with E-state index in [9.17, 15) is 4.79 Å². The zero-order valence-corrected chi connectivity index (χ0v) is 9.95. The maximum Gasteiger partial charge on any atom is 0.254 e. The predicted octanol–water partition coefficient (Wildman–Crippen LogP) is 1.57. The molecule has 0 aliphatic heterocycles. The number of halogens is 1. The van der Waals surface area contributed by atoms with Crippen LogP contribution < -0.4 is 10.5 Å². The largest absolute Gasteiger partial charge is 0.477 e. The molecule has 1 aromatic rings. The Hall–Kier alpha value is -0.850. The van der Waals surface area contributed by atoms with Gasteiger partial charge in [0.15, 0.2) is 0 Å². The zero-order valence-electron chi connectivity index (χ0n) is 7.79. The molecule has 0 spiro atoms. The second-order valence-corrected chi connectivity index (χ2v) is 3.80. The van der Waals surface area contributed by atoms with Crippen molar-refractivity contribution in [3.05, 3.63) is 21.4 Å². The molecule has 0 aliphatic carbocycles. The molecule has 1 heterocycles. The summed E-state index contributed by atoms with van der Waals surface area (Å²) in [6.07, 6.45) is 0.866. The van der Waals surface area contributed by atoms with Crippen LogP contribution in [0.2, 0.25) is 0 Å². The van der Waals surface area contributed by atoms with Crippen LogP contribution in [0.25, 0.3) is 0 Å². The summed E-state index contributed by atoms with van der Waals surface area (Å²) in [5.41, 5.74) is 5.51. The summed E-state index contributed by atoms with van der Waals surface area (Å²) in [5, 5.41) is 0. The quantitative estimate of drug-likeness (QED) is 0.678. The third-order valence-corrected chi connectivity index (χ3v) is 2.14. The number of nitrogens with two attached hydrogens (primary N) is 1. The molecule has 5 heteroatoms. The molecule has 0 saturated carbocycles. The zero-order chi connectivity index (χ0) is 10.6. The Kier molecular flexibility index (Phi) is 4.12. The van der Waals surface area contributed by atoms with E-state index in [-0.39, 0.29) is 0 Å². The molecule has 0 aromatic carbocycles. The van der Waals surface area contributed by atoms with Crippen LogP contribution in [-0.2, 0) is 0 Å². The first-order chi connectivity index (χ1) is 6.65. The molecule has 76 valence electrons. The highest BCUT2D eigenvalue weighted by atomic mass is 127. The predicted molar refractivity (Wildman–Crippen MR) is 61.3 cm³/mol. The number of rotatable bonds is 4. The van der Waals surface area contributed by atoms with E-state index in [1.165, 1.54) is 0 Å². The normalized spacial score (nSPS) is 9.86. The van der Waals surface area contributed by atoms with Crippen LogP contribution in [0.1, 0.15) is 23.7 Å². The topological polar surface area (TPSA) is 65.2 Å². The van der Waals surface area contributed by atoms with Gasteiger partial charge in [0.05, 0.1) is 6.61 Å². The van der Waals surface area contributed by atoms with Crippen molar-refractivity contribution in [2.75, 3.05) is 6.61 Å². The monoisotopic (exact) mass is 306 g/mol. The minimum atomic E-state index is -0.514. The van der Waals surface area contributed by atoms with Gasteiger partial charge < -0.3 is 10.5 Å². The smallest absolute Gasteiger partial charge is 0.254 e. The molecular formula is C9H11IN2O2. The standard InChI is InChI=1S/C9H11IN2O2/c1-2-5-14-9-6(8(11)13)3-4-7(10)12-9/h3-4H,2,5H2,1H3,(H2,11,13). The fraction of sp³-hybridized carbons (Fsp3) is 0.333. The molecule has 0 unspecified atom stereocenters. The summed E-state index contributed by atoms with van der Waals surface area (Å²) >= 11 is 2.05. The number of primary amides is 1. The molecule has 0 atom stereocenters. The van der Waals surface area contributed by atoms with Crippen molar-refractivity contribution >= 4 is 28.5 Å². The maximum atomic E-state index is 11.0. The minimum Gasteiger partial charge on any atom is -0.477 e. The average molecular weight is 306 g/mol. The van der Waals surface area contributed by atoms with Gasteiger partial charge in [0, 0.05) is 0 Å². The van der Waals surface area contributed by atoms with E-state index < -0.39 is 5.91 Å². The van der Waals surface area contributed by atoms with Crippen molar-refractivity contribution < 1.29 is 9.53 Å². The Morgan fingerprint density at radius 2 is 2.36 bits per heavy atom. The van der Waals surface area contributed by atoms with Gasteiger partial charge >= 0.3 is 0 Å². The number of hydrogen-bond donors (Lipinski definition) is 1. The fourth-order valence-electron chi connectivity index (χ4n) is 0.914. The van der Waals surface area contributed by atoms with Gasteiger partial charge in [-0.2, -0.15) is 0 Å². The highest BCUT2D eigenvalue weighted by Crippen LogP contribution is 2.16. The molecule has 1 amide bonds. The van der Waals surface area contributed by atoms with Crippen molar-refractivity contribution in [1.82, 2.24) is 4.98 Å². The lowest BCUT2D eigenvalue weighted by atomic mass is 10.2. The second-order valence-electron chi connectivity index (χ2n) is 2.70. The molecular weight excluding hydrogens is 295 g/mol. The van der Waals surface area contributed by atoms with E-state index >= 15 is 0 Å². The van der Waals surface area contributed by atoms with Gasteiger partial charge in [-0.15, -0.1) is 0 Å². The fourth-order valence-corrected chi connectivity index (χ4v) is 1.31. The number of carbonyl (C=O) groups is 1. The first kappa shape index (κ1) is 11.2. The van der Waals surface area contributed by atoms with Crippen molar-refractivity contribution in [3.8, 4) is 5.88 Å². The van der Waals surface area contributed by atoms with Gasteiger partial charge in [0.2, 0.25) is 5.88 Å². The van der Waals surface area contributed by atoms with Crippen LogP contribution >= 0.6 is 22.6 Å². The number of amides is 1. The molecule has 2 N–H and O–H groups in total. The summed E-state index contributed by atoms with van der Waals surface area (Å²) in [5.74, 6) is -0.189. The van der Waals surface area contributed by atoms with E-state index in [4.69, 9.17) is 10.5 Å². The SMILES string of the molecule is CCCOc1nc(I)ccc1C(N)=O. The number of hydrogen-bond acceptors (Lipinski definition) is 3. The minimum absolute atomic E-state index is 0.325. The molecule has 0 bridgehead atoms. The van der Waals surface area contributed by atoms with E-state index in [0.717, 1.165) is 10.1 Å². The van der Waals surface area contributed by atoms with Crippen molar-refractivity contribution in [3.63, 3.8) is 0 Å². The summed E-state index contributed by atoms with van der Waals surface area (Å²) in [6, 6.07) is 3.35. The summed E-state index contributed by atoms with van der Waals surface area (Å²) in [7, 11) is 0. The molecule has 14 heavy (non-hydrogen) atoms. The van der Waals surface area contributed by atoms with Gasteiger partial charge in [-0.25, -0.2) is 4.98 Å². The molecule has 0 saturated heterocycles. The lowest BCUT2D eigenvalue weighted by Gasteiger charge is -2.07. The lowest BCUT2D eigenvalue weighted by Crippen LogP contribution is -2.14. The molecule has 1 aromatic heterocycles.